The Kier molecular flexibility index (Phi) is 7.47. The molecule has 2 amide bonds. The number of ether oxygens (including phenoxy) is 1. The highest BCUT2D eigenvalue weighted by Gasteiger charge is 2.15. The number of carbonyl (C=O) groups excluding carboxylic acids is 2. The van der Waals surface area contributed by atoms with Crippen LogP contribution in [0.15, 0.2) is 58.2 Å². The number of rotatable bonds is 8. The summed E-state index contributed by atoms with van der Waals surface area (Å²) in [4.78, 5) is 24.5. The molecule has 30 heavy (non-hydrogen) atoms. The molecule has 2 N–H and O–H groups in total. The number of aromatic nitrogens is 3. The van der Waals surface area contributed by atoms with Crippen LogP contribution in [-0.4, -0.2) is 39.4 Å². The maximum atomic E-state index is 12.3. The van der Waals surface area contributed by atoms with Gasteiger partial charge in [0.25, 0.3) is 0 Å². The van der Waals surface area contributed by atoms with Gasteiger partial charge in [0.15, 0.2) is 5.16 Å². The highest BCUT2D eigenvalue weighted by atomic mass is 79.9. The number of halogens is 1. The molecule has 0 aliphatic rings. The Labute approximate surface area is 186 Å². The number of hydrogen-bond acceptors (Lipinski definition) is 6. The summed E-state index contributed by atoms with van der Waals surface area (Å²) in [6, 6.07) is 14.5. The van der Waals surface area contributed by atoms with E-state index in [1.807, 2.05) is 24.3 Å². The molecule has 3 aromatic rings. The molecule has 2 aromatic carbocycles. The van der Waals surface area contributed by atoms with Crippen molar-refractivity contribution < 1.29 is 14.3 Å². The first-order chi connectivity index (χ1) is 14.4. The lowest BCUT2D eigenvalue weighted by molar-refractivity contribution is -0.116. The van der Waals surface area contributed by atoms with Gasteiger partial charge < -0.3 is 19.9 Å². The third-order valence-corrected chi connectivity index (χ3v) is 5.55. The fraction of sp³-hybridized carbons (Fsp3) is 0.200. The maximum absolute atomic E-state index is 12.3. The van der Waals surface area contributed by atoms with E-state index in [2.05, 4.69) is 36.8 Å². The molecular formula is C20H20BrN5O3S. The molecule has 0 bridgehead atoms. The summed E-state index contributed by atoms with van der Waals surface area (Å²) in [5, 5.41) is 14.4. The first kappa shape index (κ1) is 21.8. The van der Waals surface area contributed by atoms with E-state index in [1.54, 1.807) is 43.0 Å². The van der Waals surface area contributed by atoms with Crippen LogP contribution in [0.3, 0.4) is 0 Å². The number of nitrogens with one attached hydrogen (secondary N) is 2. The highest BCUT2D eigenvalue weighted by Crippen LogP contribution is 2.20. The van der Waals surface area contributed by atoms with Crippen LogP contribution < -0.4 is 15.4 Å². The van der Waals surface area contributed by atoms with Crippen LogP contribution in [0.5, 0.6) is 5.75 Å². The predicted molar refractivity (Wildman–Crippen MR) is 120 cm³/mol. The summed E-state index contributed by atoms with van der Waals surface area (Å²) in [5.41, 5.74) is 1.35. The van der Waals surface area contributed by atoms with Gasteiger partial charge in [-0.2, -0.15) is 0 Å². The molecule has 8 nitrogen and oxygen atoms in total. The molecule has 0 saturated heterocycles. The molecule has 0 radical (unpaired) electrons. The number of hydrogen-bond donors (Lipinski definition) is 2. The minimum atomic E-state index is -0.220. The van der Waals surface area contributed by atoms with Crippen molar-refractivity contribution in [3.63, 3.8) is 0 Å². The van der Waals surface area contributed by atoms with E-state index in [4.69, 9.17) is 4.74 Å². The van der Waals surface area contributed by atoms with Gasteiger partial charge >= 0.3 is 0 Å². The summed E-state index contributed by atoms with van der Waals surface area (Å²) >= 11 is 4.62. The van der Waals surface area contributed by atoms with E-state index in [-0.39, 0.29) is 24.0 Å². The quantitative estimate of drug-likeness (QED) is 0.469. The smallest absolute Gasteiger partial charge is 0.234 e. The molecule has 0 aliphatic heterocycles. The van der Waals surface area contributed by atoms with Gasteiger partial charge in [-0.1, -0.05) is 39.8 Å². The molecular weight excluding hydrogens is 470 g/mol. The lowest BCUT2D eigenvalue weighted by atomic mass is 10.3. The molecule has 0 unspecified atom stereocenters. The maximum Gasteiger partial charge on any atom is 0.234 e. The number of nitrogens with zero attached hydrogens (tertiary/aromatic N) is 3. The SMILES string of the molecule is COc1cccc(NC(=O)Cc2nnc(SCC(=O)Nc3cccc(Br)c3)n2C)c1. The van der Waals surface area contributed by atoms with Crippen molar-refractivity contribution in [2.24, 2.45) is 7.05 Å². The highest BCUT2D eigenvalue weighted by molar-refractivity contribution is 9.10. The van der Waals surface area contributed by atoms with E-state index >= 15 is 0 Å². The second kappa shape index (κ2) is 10.3. The molecule has 0 spiro atoms. The Hall–Kier alpha value is -2.85. The molecule has 3 rings (SSSR count). The monoisotopic (exact) mass is 489 g/mol. The average molecular weight is 490 g/mol. The standard InChI is InChI=1S/C20H20BrN5O3S/c1-26-17(11-18(27)22-15-7-4-8-16(10-15)29-2)24-25-20(26)30-12-19(28)23-14-6-3-5-13(21)9-14/h3-10H,11-12H2,1-2H3,(H,22,27)(H,23,28). The molecule has 0 aliphatic carbocycles. The summed E-state index contributed by atoms with van der Waals surface area (Å²) in [5.74, 6) is 0.965. The molecule has 10 heteroatoms. The number of thioether (sulfide) groups is 1. The Morgan fingerprint density at radius 2 is 1.77 bits per heavy atom. The number of carbonyl (C=O) groups is 2. The molecule has 1 aromatic heterocycles. The largest absolute Gasteiger partial charge is 0.497 e. The van der Waals surface area contributed by atoms with Crippen LogP contribution in [0.4, 0.5) is 11.4 Å². The van der Waals surface area contributed by atoms with Gasteiger partial charge in [-0.25, -0.2) is 0 Å². The fourth-order valence-electron chi connectivity index (χ4n) is 2.57. The first-order valence-electron chi connectivity index (χ1n) is 8.95. The van der Waals surface area contributed by atoms with E-state index in [0.717, 1.165) is 4.47 Å². The van der Waals surface area contributed by atoms with Crippen LogP contribution >= 0.6 is 27.7 Å². The van der Waals surface area contributed by atoms with E-state index in [0.29, 0.717) is 28.1 Å². The molecule has 1 heterocycles. The lowest BCUT2D eigenvalue weighted by Gasteiger charge is -2.07. The van der Waals surface area contributed by atoms with Crippen LogP contribution in [0.1, 0.15) is 5.82 Å². The van der Waals surface area contributed by atoms with E-state index in [1.165, 1.54) is 11.8 Å². The predicted octanol–water partition coefficient (Wildman–Crippen LogP) is 3.50. The summed E-state index contributed by atoms with van der Waals surface area (Å²) in [6.45, 7) is 0. The summed E-state index contributed by atoms with van der Waals surface area (Å²) < 4.78 is 7.75. The second-order valence-corrected chi connectivity index (χ2v) is 8.12. The summed E-state index contributed by atoms with van der Waals surface area (Å²) in [7, 11) is 3.33. The zero-order valence-corrected chi connectivity index (χ0v) is 18.8. The Bertz CT molecular complexity index is 1060. The Morgan fingerprint density at radius 3 is 2.50 bits per heavy atom. The molecule has 0 atom stereocenters. The van der Waals surface area contributed by atoms with Crippen molar-refractivity contribution >= 4 is 50.9 Å². The van der Waals surface area contributed by atoms with Crippen molar-refractivity contribution in [1.29, 1.82) is 0 Å². The fourth-order valence-corrected chi connectivity index (χ4v) is 3.70. The lowest BCUT2D eigenvalue weighted by Crippen LogP contribution is -2.17. The van der Waals surface area contributed by atoms with Gasteiger partial charge in [0.1, 0.15) is 11.6 Å². The van der Waals surface area contributed by atoms with Crippen molar-refractivity contribution in [2.45, 2.75) is 11.6 Å². The van der Waals surface area contributed by atoms with Crippen molar-refractivity contribution in [3.05, 3.63) is 58.8 Å². The van der Waals surface area contributed by atoms with E-state index in [9.17, 15) is 9.59 Å². The van der Waals surface area contributed by atoms with Gasteiger partial charge in [-0.05, 0) is 30.3 Å². The van der Waals surface area contributed by atoms with Gasteiger partial charge in [0.05, 0.1) is 19.3 Å². The third-order valence-electron chi connectivity index (χ3n) is 4.04. The molecule has 156 valence electrons. The van der Waals surface area contributed by atoms with Crippen molar-refractivity contribution in [2.75, 3.05) is 23.5 Å². The van der Waals surface area contributed by atoms with Crippen LogP contribution in [0.25, 0.3) is 0 Å². The minimum absolute atomic E-state index is 0.0610. The Balaban J connectivity index is 1.53. The van der Waals surface area contributed by atoms with Gasteiger partial charge in [-0.3, -0.25) is 9.59 Å². The second-order valence-electron chi connectivity index (χ2n) is 6.26. The van der Waals surface area contributed by atoms with E-state index < -0.39 is 0 Å². The zero-order valence-electron chi connectivity index (χ0n) is 16.4. The normalized spacial score (nSPS) is 10.5. The first-order valence-corrected chi connectivity index (χ1v) is 10.7. The van der Waals surface area contributed by atoms with Crippen molar-refractivity contribution in [1.82, 2.24) is 14.8 Å². The minimum Gasteiger partial charge on any atom is -0.497 e. The molecule has 0 fully saturated rings. The number of benzene rings is 2. The van der Waals surface area contributed by atoms with Crippen LogP contribution in [0.2, 0.25) is 0 Å². The van der Waals surface area contributed by atoms with Gasteiger partial charge in [-0.15, -0.1) is 10.2 Å². The zero-order chi connectivity index (χ0) is 21.5. The molecule has 0 saturated carbocycles. The van der Waals surface area contributed by atoms with Crippen LogP contribution in [0, 0.1) is 0 Å². The number of anilines is 2. The van der Waals surface area contributed by atoms with Crippen molar-refractivity contribution in [3.8, 4) is 5.75 Å². The van der Waals surface area contributed by atoms with Crippen LogP contribution in [-0.2, 0) is 23.1 Å². The third kappa shape index (κ3) is 6.07. The number of methoxy groups -OCH3 is 1. The number of amides is 2. The Morgan fingerprint density at radius 1 is 1.07 bits per heavy atom. The average Bonchev–Trinajstić information content (AvgIpc) is 3.06. The van der Waals surface area contributed by atoms with Gasteiger partial charge in [0, 0.05) is 29.0 Å². The summed E-state index contributed by atoms with van der Waals surface area (Å²) in [6.07, 6.45) is 0.0610. The topological polar surface area (TPSA) is 98.1 Å². The van der Waals surface area contributed by atoms with Gasteiger partial charge in [0.2, 0.25) is 11.8 Å².